The molecule has 1 fully saturated rings. The van der Waals surface area contributed by atoms with Crippen molar-refractivity contribution in [1.29, 1.82) is 0 Å². The van der Waals surface area contributed by atoms with Gasteiger partial charge < -0.3 is 15.5 Å². The van der Waals surface area contributed by atoms with Gasteiger partial charge in [-0.2, -0.15) is 0 Å². The number of amides is 2. The van der Waals surface area contributed by atoms with E-state index >= 15 is 0 Å². The first-order valence-corrected chi connectivity index (χ1v) is 6.68. The fourth-order valence-corrected chi connectivity index (χ4v) is 2.23. The van der Waals surface area contributed by atoms with Crippen LogP contribution in [0.2, 0.25) is 5.02 Å². The molecule has 5 nitrogen and oxygen atoms in total. The van der Waals surface area contributed by atoms with Gasteiger partial charge in [-0.1, -0.05) is 17.7 Å². The number of benzene rings is 1. The van der Waals surface area contributed by atoms with Crippen LogP contribution < -0.4 is 10.6 Å². The van der Waals surface area contributed by atoms with E-state index in [1.54, 1.807) is 4.90 Å². The third-order valence-corrected chi connectivity index (χ3v) is 3.37. The minimum absolute atomic E-state index is 0. The van der Waals surface area contributed by atoms with E-state index in [4.69, 9.17) is 11.6 Å². The van der Waals surface area contributed by atoms with Crippen LogP contribution in [0.15, 0.2) is 18.2 Å². The Labute approximate surface area is 133 Å². The summed E-state index contributed by atoms with van der Waals surface area (Å²) >= 11 is 5.78. The zero-order chi connectivity index (χ0) is 14.5. The fraction of sp³-hybridized carbons (Fsp3) is 0.385. The second-order valence-electron chi connectivity index (χ2n) is 4.41. The molecule has 1 heterocycles. The number of piperazine rings is 1. The molecule has 0 unspecified atom stereocenters. The molecule has 2 rings (SSSR count). The van der Waals surface area contributed by atoms with Gasteiger partial charge in [0.25, 0.3) is 5.91 Å². The van der Waals surface area contributed by atoms with Crippen molar-refractivity contribution in [1.82, 2.24) is 15.5 Å². The summed E-state index contributed by atoms with van der Waals surface area (Å²) in [5.74, 6) is -1.58. The number of rotatable bonds is 3. The highest BCUT2D eigenvalue weighted by Gasteiger charge is 2.19. The minimum atomic E-state index is -0.704. The molecule has 21 heavy (non-hydrogen) atoms. The van der Waals surface area contributed by atoms with Crippen LogP contribution in [0.5, 0.6) is 0 Å². The molecule has 0 aromatic heterocycles. The van der Waals surface area contributed by atoms with Gasteiger partial charge in [0, 0.05) is 26.2 Å². The highest BCUT2D eigenvalue weighted by Crippen LogP contribution is 2.18. The molecule has 0 spiro atoms. The third kappa shape index (κ3) is 4.56. The van der Waals surface area contributed by atoms with Crippen molar-refractivity contribution in [2.24, 2.45) is 0 Å². The number of hydrogen-bond donors (Lipinski definition) is 2. The molecule has 1 aliphatic rings. The SMILES string of the molecule is Cl.O=C(NCC(=O)N1CCNCC1)c1c(F)cccc1Cl. The van der Waals surface area contributed by atoms with Crippen molar-refractivity contribution in [3.63, 3.8) is 0 Å². The van der Waals surface area contributed by atoms with E-state index in [1.807, 2.05) is 0 Å². The van der Waals surface area contributed by atoms with Gasteiger partial charge in [-0.15, -0.1) is 12.4 Å². The Morgan fingerprint density at radius 3 is 2.62 bits per heavy atom. The van der Waals surface area contributed by atoms with E-state index in [0.29, 0.717) is 13.1 Å². The average Bonchev–Trinajstić information content (AvgIpc) is 2.45. The number of carbonyl (C=O) groups excluding carboxylic acids is 2. The van der Waals surface area contributed by atoms with Gasteiger partial charge in [0.1, 0.15) is 5.82 Å². The minimum Gasteiger partial charge on any atom is -0.343 e. The van der Waals surface area contributed by atoms with Crippen molar-refractivity contribution in [3.8, 4) is 0 Å². The van der Waals surface area contributed by atoms with E-state index in [1.165, 1.54) is 12.1 Å². The van der Waals surface area contributed by atoms with Crippen LogP contribution in [-0.2, 0) is 4.79 Å². The molecule has 0 bridgehead atoms. The lowest BCUT2D eigenvalue weighted by atomic mass is 10.2. The Morgan fingerprint density at radius 1 is 1.33 bits per heavy atom. The van der Waals surface area contributed by atoms with Crippen molar-refractivity contribution >= 4 is 35.8 Å². The monoisotopic (exact) mass is 335 g/mol. The summed E-state index contributed by atoms with van der Waals surface area (Å²) in [6.45, 7) is 2.52. The van der Waals surface area contributed by atoms with Crippen LogP contribution in [0.25, 0.3) is 0 Å². The highest BCUT2D eigenvalue weighted by molar-refractivity contribution is 6.33. The molecule has 116 valence electrons. The molecular weight excluding hydrogens is 320 g/mol. The first-order valence-electron chi connectivity index (χ1n) is 6.30. The average molecular weight is 336 g/mol. The molecule has 1 aliphatic heterocycles. The number of carbonyl (C=O) groups is 2. The zero-order valence-corrected chi connectivity index (χ0v) is 12.8. The standard InChI is InChI=1S/C13H15ClFN3O2.ClH/c14-9-2-1-3-10(15)12(9)13(20)17-8-11(19)18-6-4-16-5-7-18;/h1-3,16H,4-8H2,(H,17,20);1H. The Bertz CT molecular complexity index is 502. The lowest BCUT2D eigenvalue weighted by Crippen LogP contribution is -2.49. The zero-order valence-electron chi connectivity index (χ0n) is 11.2. The van der Waals surface area contributed by atoms with Gasteiger partial charge in [0.2, 0.25) is 5.91 Å². The van der Waals surface area contributed by atoms with Crippen LogP contribution in [0.1, 0.15) is 10.4 Å². The molecule has 8 heteroatoms. The summed E-state index contributed by atoms with van der Waals surface area (Å²) in [6.07, 6.45) is 0. The lowest BCUT2D eigenvalue weighted by Gasteiger charge is -2.27. The van der Waals surface area contributed by atoms with E-state index in [0.717, 1.165) is 19.2 Å². The summed E-state index contributed by atoms with van der Waals surface area (Å²) in [7, 11) is 0. The normalized spacial score (nSPS) is 14.3. The predicted octanol–water partition coefficient (Wildman–Crippen LogP) is 1.06. The second kappa shape index (κ2) is 8.17. The maximum absolute atomic E-state index is 13.5. The smallest absolute Gasteiger partial charge is 0.256 e. The van der Waals surface area contributed by atoms with Crippen molar-refractivity contribution in [3.05, 3.63) is 34.6 Å². The number of nitrogens with one attached hydrogen (secondary N) is 2. The van der Waals surface area contributed by atoms with Crippen LogP contribution >= 0.6 is 24.0 Å². The first kappa shape index (κ1) is 17.7. The predicted molar refractivity (Wildman–Crippen MR) is 80.4 cm³/mol. The summed E-state index contributed by atoms with van der Waals surface area (Å²) in [4.78, 5) is 25.4. The van der Waals surface area contributed by atoms with Gasteiger partial charge in [0.05, 0.1) is 17.1 Å². The quantitative estimate of drug-likeness (QED) is 0.868. The molecule has 2 N–H and O–H groups in total. The topological polar surface area (TPSA) is 61.4 Å². The Hall–Kier alpha value is -1.37. The summed E-state index contributed by atoms with van der Waals surface area (Å²) in [5, 5.41) is 5.55. The van der Waals surface area contributed by atoms with Gasteiger partial charge in [-0.05, 0) is 12.1 Å². The highest BCUT2D eigenvalue weighted by atomic mass is 35.5. The molecular formula is C13H16Cl2FN3O2. The van der Waals surface area contributed by atoms with Crippen LogP contribution in [-0.4, -0.2) is 49.4 Å². The summed E-state index contributed by atoms with van der Waals surface area (Å²) in [6, 6.07) is 4.00. The number of hydrogen-bond acceptors (Lipinski definition) is 3. The largest absolute Gasteiger partial charge is 0.343 e. The fourth-order valence-electron chi connectivity index (χ4n) is 1.99. The third-order valence-electron chi connectivity index (χ3n) is 3.06. The summed E-state index contributed by atoms with van der Waals surface area (Å²) < 4.78 is 13.5. The number of nitrogens with zero attached hydrogens (tertiary/aromatic N) is 1. The van der Waals surface area contributed by atoms with Crippen molar-refractivity contribution in [2.45, 2.75) is 0 Å². The van der Waals surface area contributed by atoms with E-state index in [2.05, 4.69) is 10.6 Å². The van der Waals surface area contributed by atoms with Crippen LogP contribution in [0, 0.1) is 5.82 Å². The lowest BCUT2D eigenvalue weighted by molar-refractivity contribution is -0.130. The summed E-state index contributed by atoms with van der Waals surface area (Å²) in [5.41, 5.74) is -0.234. The molecule has 2 amide bonds. The van der Waals surface area contributed by atoms with Gasteiger partial charge in [-0.3, -0.25) is 9.59 Å². The van der Waals surface area contributed by atoms with E-state index in [9.17, 15) is 14.0 Å². The van der Waals surface area contributed by atoms with Crippen molar-refractivity contribution in [2.75, 3.05) is 32.7 Å². The molecule has 0 aliphatic carbocycles. The Morgan fingerprint density at radius 2 is 2.00 bits per heavy atom. The Balaban J connectivity index is 0.00000220. The Kier molecular flexibility index (Phi) is 6.87. The molecule has 1 aromatic carbocycles. The van der Waals surface area contributed by atoms with Gasteiger partial charge in [-0.25, -0.2) is 4.39 Å². The maximum atomic E-state index is 13.5. The van der Waals surface area contributed by atoms with Crippen LogP contribution in [0.4, 0.5) is 4.39 Å². The van der Waals surface area contributed by atoms with Gasteiger partial charge >= 0.3 is 0 Å². The van der Waals surface area contributed by atoms with Crippen LogP contribution in [0.3, 0.4) is 0 Å². The second-order valence-corrected chi connectivity index (χ2v) is 4.82. The molecule has 1 saturated heterocycles. The first-order chi connectivity index (χ1) is 9.59. The maximum Gasteiger partial charge on any atom is 0.256 e. The molecule has 0 radical (unpaired) electrons. The molecule has 1 aromatic rings. The van der Waals surface area contributed by atoms with E-state index in [-0.39, 0.29) is 35.4 Å². The molecule has 0 atom stereocenters. The van der Waals surface area contributed by atoms with Gasteiger partial charge in [0.15, 0.2) is 0 Å². The molecule has 0 saturated carbocycles. The van der Waals surface area contributed by atoms with E-state index < -0.39 is 11.7 Å². The van der Waals surface area contributed by atoms with Crippen molar-refractivity contribution < 1.29 is 14.0 Å². The number of halogens is 3.